The number of pyridine rings is 1. The van der Waals surface area contributed by atoms with E-state index in [4.69, 9.17) is 0 Å². The largest absolute Gasteiger partial charge is 0.315 e. The Morgan fingerprint density at radius 1 is 0.632 bits per heavy atom. The van der Waals surface area contributed by atoms with Gasteiger partial charge in [0, 0.05) is 34.5 Å². The summed E-state index contributed by atoms with van der Waals surface area (Å²) in [5.74, 6) is 2.11. The third-order valence-corrected chi connectivity index (χ3v) is 13.9. The fourth-order valence-corrected chi connectivity index (χ4v) is 10.8. The van der Waals surface area contributed by atoms with Gasteiger partial charge in [0.1, 0.15) is 0 Å². The number of hydrogen-bond donors (Lipinski definition) is 0. The summed E-state index contributed by atoms with van der Waals surface area (Å²) in [6.45, 7) is 0. The quantitative estimate of drug-likeness (QED) is 0.150. The van der Waals surface area contributed by atoms with Gasteiger partial charge in [-0.3, -0.25) is 0 Å². The lowest BCUT2D eigenvalue weighted by Gasteiger charge is -2.21. The molecule has 57 heavy (non-hydrogen) atoms. The van der Waals surface area contributed by atoms with Gasteiger partial charge in [0.2, 0.25) is 0 Å². The van der Waals surface area contributed by atoms with Crippen LogP contribution in [0.25, 0.3) is 67.2 Å². The van der Waals surface area contributed by atoms with Gasteiger partial charge in [-0.05, 0) is 122 Å². The standard InChI is InChI=1S/C56H41N/c1-3-10-43-34(7-1)9-5-12-44(43)36-15-19-38(20-16-36)54(39-21-17-37(18-22-39)45-13-6-14-47-48(45)26-23-40-31-51(40)47)42-25-28-50-53(33-42)57-30-29-35-8-2-4-11-46(35)56(57)55(50)49-27-24-41-32-52(41)49/h1,3-7,9-30,33,40,51-52,54H,2,8,31-32H2. The van der Waals surface area contributed by atoms with Gasteiger partial charge in [-0.25, -0.2) is 0 Å². The van der Waals surface area contributed by atoms with Crippen LogP contribution < -0.4 is 0 Å². The Bertz CT molecular complexity index is 3120. The highest BCUT2D eigenvalue weighted by atomic mass is 14.9. The molecule has 4 atom stereocenters. The second-order valence-corrected chi connectivity index (χ2v) is 17.1. The number of fused-ring (bicyclic) bond motifs is 10. The Labute approximate surface area is 333 Å². The van der Waals surface area contributed by atoms with Crippen molar-refractivity contribution in [3.63, 3.8) is 0 Å². The lowest BCUT2D eigenvalue weighted by atomic mass is 9.83. The van der Waals surface area contributed by atoms with Gasteiger partial charge in [0.05, 0.1) is 11.0 Å². The summed E-state index contributed by atoms with van der Waals surface area (Å²) in [5, 5.41) is 3.92. The smallest absolute Gasteiger partial charge is 0.0612 e. The van der Waals surface area contributed by atoms with Crippen molar-refractivity contribution in [2.75, 3.05) is 0 Å². The van der Waals surface area contributed by atoms with E-state index in [1.54, 1.807) is 5.57 Å². The molecule has 13 rings (SSSR count). The van der Waals surface area contributed by atoms with Gasteiger partial charge >= 0.3 is 0 Å². The van der Waals surface area contributed by atoms with E-state index in [9.17, 15) is 0 Å². The van der Waals surface area contributed by atoms with Crippen LogP contribution in [-0.2, 0) is 6.42 Å². The molecule has 0 amide bonds. The molecule has 6 aromatic carbocycles. The van der Waals surface area contributed by atoms with Crippen LogP contribution in [0.5, 0.6) is 0 Å². The predicted octanol–water partition coefficient (Wildman–Crippen LogP) is 14.2. The van der Waals surface area contributed by atoms with Crippen molar-refractivity contribution in [3.8, 4) is 22.3 Å². The maximum atomic E-state index is 2.50. The Kier molecular flexibility index (Phi) is 6.70. The second-order valence-electron chi connectivity index (χ2n) is 17.1. The number of rotatable bonds is 6. The van der Waals surface area contributed by atoms with Gasteiger partial charge in [-0.2, -0.15) is 0 Å². The minimum Gasteiger partial charge on any atom is -0.315 e. The van der Waals surface area contributed by atoms with Crippen molar-refractivity contribution in [1.82, 2.24) is 4.40 Å². The van der Waals surface area contributed by atoms with Crippen LogP contribution in [0.2, 0.25) is 0 Å². The number of aryl methyl sites for hydroxylation is 1. The Hall–Kier alpha value is -6.44. The summed E-state index contributed by atoms with van der Waals surface area (Å²) in [6, 6.07) is 50.9. The molecule has 2 saturated carbocycles. The summed E-state index contributed by atoms with van der Waals surface area (Å²) >= 11 is 0. The first-order chi connectivity index (χ1) is 28.2. The third kappa shape index (κ3) is 4.88. The number of allylic oxidation sites excluding steroid dienone is 6. The lowest BCUT2D eigenvalue weighted by molar-refractivity contribution is 0.974. The van der Waals surface area contributed by atoms with Crippen molar-refractivity contribution in [2.24, 2.45) is 11.8 Å². The molecule has 0 saturated heterocycles. The third-order valence-electron chi connectivity index (χ3n) is 13.9. The van der Waals surface area contributed by atoms with E-state index >= 15 is 0 Å². The van der Waals surface area contributed by atoms with Crippen LogP contribution in [0.3, 0.4) is 0 Å². The second kappa shape index (κ2) is 12.0. The van der Waals surface area contributed by atoms with Crippen LogP contribution >= 0.6 is 0 Å². The van der Waals surface area contributed by atoms with Crippen LogP contribution in [0.4, 0.5) is 0 Å². The van der Waals surface area contributed by atoms with Crippen molar-refractivity contribution in [3.05, 3.63) is 214 Å². The van der Waals surface area contributed by atoms with Gasteiger partial charge < -0.3 is 4.40 Å². The molecule has 1 nitrogen and oxygen atoms in total. The van der Waals surface area contributed by atoms with Gasteiger partial charge in [0.15, 0.2) is 0 Å². The molecule has 8 aromatic rings. The fourth-order valence-electron chi connectivity index (χ4n) is 10.8. The summed E-state index contributed by atoms with van der Waals surface area (Å²) < 4.78 is 2.50. The maximum Gasteiger partial charge on any atom is 0.0612 e. The topological polar surface area (TPSA) is 4.41 Å². The van der Waals surface area contributed by atoms with Gasteiger partial charge in [-0.1, -0.05) is 163 Å². The number of benzene rings is 6. The van der Waals surface area contributed by atoms with E-state index in [1.807, 2.05) is 0 Å². The molecule has 4 unspecified atom stereocenters. The first-order valence-corrected chi connectivity index (χ1v) is 20.9. The average molecular weight is 728 g/mol. The van der Waals surface area contributed by atoms with E-state index in [0.29, 0.717) is 11.8 Å². The zero-order chi connectivity index (χ0) is 37.2. The molecular weight excluding hydrogens is 687 g/mol. The fraction of sp³-hybridized carbons (Fsp3) is 0.143. The lowest BCUT2D eigenvalue weighted by Crippen LogP contribution is -2.04. The minimum absolute atomic E-state index is 0.0655. The molecule has 0 bridgehead atoms. The van der Waals surface area contributed by atoms with Gasteiger partial charge in [-0.15, -0.1) is 0 Å². The molecule has 2 heterocycles. The average Bonchev–Trinajstić information content (AvgIpc) is 4.18. The van der Waals surface area contributed by atoms with Gasteiger partial charge in [0.25, 0.3) is 0 Å². The molecule has 5 aliphatic rings. The van der Waals surface area contributed by atoms with Crippen LogP contribution in [0, 0.1) is 11.8 Å². The monoisotopic (exact) mass is 727 g/mol. The van der Waals surface area contributed by atoms with Crippen molar-refractivity contribution < 1.29 is 0 Å². The number of nitrogens with zero attached hydrogens (tertiary/aromatic N) is 1. The normalized spacial score (nSPS) is 20.2. The van der Waals surface area contributed by atoms with E-state index in [1.165, 1.54) is 112 Å². The first kappa shape index (κ1) is 31.7. The number of hydrogen-bond acceptors (Lipinski definition) is 0. The highest BCUT2D eigenvalue weighted by Gasteiger charge is 2.40. The van der Waals surface area contributed by atoms with Crippen LogP contribution in [0.1, 0.15) is 75.6 Å². The zero-order valence-corrected chi connectivity index (χ0v) is 31.8. The number of aromatic nitrogens is 1. The molecule has 5 aliphatic carbocycles. The summed E-state index contributed by atoms with van der Waals surface area (Å²) in [5.41, 5.74) is 22.1. The van der Waals surface area contributed by atoms with E-state index in [-0.39, 0.29) is 5.92 Å². The highest BCUT2D eigenvalue weighted by molar-refractivity contribution is 6.07. The Morgan fingerprint density at radius 2 is 1.40 bits per heavy atom. The molecule has 0 aliphatic heterocycles. The molecule has 0 N–H and O–H groups in total. The van der Waals surface area contributed by atoms with E-state index in [2.05, 4.69) is 181 Å². The summed E-state index contributed by atoms with van der Waals surface area (Å²) in [6.07, 6.45) is 21.4. The predicted molar refractivity (Wildman–Crippen MR) is 239 cm³/mol. The van der Waals surface area contributed by atoms with Crippen LogP contribution in [-0.4, -0.2) is 4.40 Å². The maximum absolute atomic E-state index is 2.50. The summed E-state index contributed by atoms with van der Waals surface area (Å²) in [4.78, 5) is 0. The molecule has 2 fully saturated rings. The molecule has 1 heteroatoms. The van der Waals surface area contributed by atoms with Crippen molar-refractivity contribution in [2.45, 2.75) is 37.5 Å². The molecule has 0 radical (unpaired) electrons. The van der Waals surface area contributed by atoms with E-state index < -0.39 is 0 Å². The van der Waals surface area contributed by atoms with Crippen LogP contribution in [0.15, 0.2) is 170 Å². The Morgan fingerprint density at radius 3 is 2.23 bits per heavy atom. The van der Waals surface area contributed by atoms with Crippen molar-refractivity contribution >= 4 is 44.9 Å². The minimum atomic E-state index is 0.0655. The summed E-state index contributed by atoms with van der Waals surface area (Å²) in [7, 11) is 0. The highest BCUT2D eigenvalue weighted by Crippen LogP contribution is 2.56. The molecule has 2 aromatic heterocycles. The zero-order valence-electron chi connectivity index (χ0n) is 31.8. The van der Waals surface area contributed by atoms with E-state index in [0.717, 1.165) is 18.8 Å². The first-order valence-electron chi connectivity index (χ1n) is 20.9. The molecule has 0 spiro atoms. The molecular formula is C56H41N. The Balaban J connectivity index is 0.974. The SMILES string of the molecule is C1=Cc2c(ccn3c2c(C2=CC=C4CC42)c2ccc(C(c4ccc(-c5cccc6c5C=CC5CC65)cc4)c4ccc(-c5cccc6ccccc56)cc4)cc23)CC1. The van der Waals surface area contributed by atoms with Crippen molar-refractivity contribution in [1.29, 1.82) is 0 Å². The molecule has 270 valence electrons.